The molecule has 0 aromatic carbocycles. The summed E-state index contributed by atoms with van der Waals surface area (Å²) in [4.78, 5) is 25.3. The second-order valence-electron chi connectivity index (χ2n) is 3.99. The van der Waals surface area contributed by atoms with Crippen molar-refractivity contribution in [2.24, 2.45) is 0 Å². The van der Waals surface area contributed by atoms with E-state index >= 15 is 0 Å². The summed E-state index contributed by atoms with van der Waals surface area (Å²) < 4.78 is 0. The maximum Gasteiger partial charge on any atom is 0.317 e. The fourth-order valence-corrected chi connectivity index (χ4v) is 1.75. The Kier molecular flexibility index (Phi) is 5.21. The number of hydrogen-bond donors (Lipinski definition) is 2. The topological polar surface area (TPSA) is 72.9 Å². The van der Waals surface area contributed by atoms with Crippen molar-refractivity contribution < 1.29 is 14.7 Å². The van der Waals surface area contributed by atoms with E-state index in [9.17, 15) is 9.59 Å². The third-order valence-electron chi connectivity index (χ3n) is 2.63. The Morgan fingerprint density at radius 1 is 1.19 bits per heavy atom. The average Bonchev–Trinajstić information content (AvgIpc) is 2.19. The zero-order valence-electron chi connectivity index (χ0n) is 9.61. The van der Waals surface area contributed by atoms with Gasteiger partial charge in [0.05, 0.1) is 6.54 Å². The summed E-state index contributed by atoms with van der Waals surface area (Å²) in [5.41, 5.74) is 0. The molecule has 1 saturated heterocycles. The number of carbonyl (C=O) groups is 2. The summed E-state index contributed by atoms with van der Waals surface area (Å²) >= 11 is 0. The lowest BCUT2D eigenvalue weighted by molar-refractivity contribution is -0.138. The summed E-state index contributed by atoms with van der Waals surface area (Å²) in [6.45, 7) is 6.43. The van der Waals surface area contributed by atoms with Gasteiger partial charge in [-0.1, -0.05) is 0 Å². The quantitative estimate of drug-likeness (QED) is 0.621. The van der Waals surface area contributed by atoms with Crippen LogP contribution in [0.5, 0.6) is 0 Å². The van der Waals surface area contributed by atoms with E-state index in [1.807, 2.05) is 4.90 Å². The number of hydrogen-bond acceptors (Lipinski definition) is 4. The molecule has 1 aliphatic heterocycles. The fourth-order valence-electron chi connectivity index (χ4n) is 1.75. The van der Waals surface area contributed by atoms with E-state index in [-0.39, 0.29) is 12.5 Å². The van der Waals surface area contributed by atoms with Crippen LogP contribution in [0.2, 0.25) is 0 Å². The van der Waals surface area contributed by atoms with Gasteiger partial charge in [0.15, 0.2) is 0 Å². The van der Waals surface area contributed by atoms with Crippen molar-refractivity contribution in [2.45, 2.75) is 6.92 Å². The van der Waals surface area contributed by atoms with Crippen molar-refractivity contribution in [3.05, 3.63) is 0 Å². The molecule has 0 atom stereocenters. The van der Waals surface area contributed by atoms with Gasteiger partial charge in [0.25, 0.3) is 0 Å². The lowest BCUT2D eigenvalue weighted by Gasteiger charge is -2.33. The summed E-state index contributed by atoms with van der Waals surface area (Å²) in [5, 5.41) is 11.4. The number of carbonyl (C=O) groups excluding carboxylic acids is 1. The Balaban J connectivity index is 2.12. The van der Waals surface area contributed by atoms with Crippen LogP contribution in [-0.2, 0) is 9.59 Å². The Morgan fingerprint density at radius 2 is 1.75 bits per heavy atom. The molecule has 2 N–H and O–H groups in total. The van der Waals surface area contributed by atoms with Crippen molar-refractivity contribution in [3.63, 3.8) is 0 Å². The van der Waals surface area contributed by atoms with Gasteiger partial charge in [0.1, 0.15) is 0 Å². The van der Waals surface area contributed by atoms with Gasteiger partial charge in [0.2, 0.25) is 5.91 Å². The fraction of sp³-hybridized carbons (Fsp3) is 0.800. The van der Waals surface area contributed by atoms with Crippen molar-refractivity contribution in [2.75, 3.05) is 45.8 Å². The second-order valence-corrected chi connectivity index (χ2v) is 3.99. The Hall–Kier alpha value is -1.14. The van der Waals surface area contributed by atoms with Gasteiger partial charge >= 0.3 is 5.97 Å². The molecular formula is C10H19N3O3. The monoisotopic (exact) mass is 229 g/mol. The minimum Gasteiger partial charge on any atom is -0.480 e. The van der Waals surface area contributed by atoms with Crippen molar-refractivity contribution in [3.8, 4) is 0 Å². The maximum absolute atomic E-state index is 10.7. The molecule has 6 nitrogen and oxygen atoms in total. The molecule has 0 saturated carbocycles. The molecule has 1 aliphatic rings. The second kappa shape index (κ2) is 6.44. The molecule has 0 aliphatic carbocycles. The molecule has 1 rings (SSSR count). The molecule has 6 heteroatoms. The number of aliphatic carboxylic acids is 1. The predicted octanol–water partition coefficient (Wildman–Crippen LogP) is -1.18. The predicted molar refractivity (Wildman–Crippen MR) is 59.2 cm³/mol. The highest BCUT2D eigenvalue weighted by Gasteiger charge is 2.17. The summed E-state index contributed by atoms with van der Waals surface area (Å²) in [6.07, 6.45) is 0. The SMILES string of the molecule is CC(=O)NCCN1CCN(CC(=O)O)CC1. The third-order valence-corrected chi connectivity index (χ3v) is 2.63. The zero-order chi connectivity index (χ0) is 12.0. The van der Waals surface area contributed by atoms with Crippen molar-refractivity contribution in [1.29, 1.82) is 0 Å². The number of nitrogens with zero attached hydrogens (tertiary/aromatic N) is 2. The highest BCUT2D eigenvalue weighted by atomic mass is 16.4. The largest absolute Gasteiger partial charge is 0.480 e. The van der Waals surface area contributed by atoms with E-state index in [1.54, 1.807) is 0 Å². The molecule has 1 fully saturated rings. The van der Waals surface area contributed by atoms with Crippen LogP contribution in [0, 0.1) is 0 Å². The molecule has 0 aromatic rings. The molecule has 0 radical (unpaired) electrons. The Labute approximate surface area is 95.2 Å². The van der Waals surface area contributed by atoms with Gasteiger partial charge in [-0.25, -0.2) is 0 Å². The van der Waals surface area contributed by atoms with E-state index < -0.39 is 5.97 Å². The van der Waals surface area contributed by atoms with Crippen LogP contribution in [-0.4, -0.2) is 72.6 Å². The first-order chi connectivity index (χ1) is 7.58. The van der Waals surface area contributed by atoms with Crippen LogP contribution in [0.15, 0.2) is 0 Å². The third kappa shape index (κ3) is 5.09. The first kappa shape index (κ1) is 12.9. The summed E-state index contributed by atoms with van der Waals surface area (Å²) in [7, 11) is 0. The van der Waals surface area contributed by atoms with E-state index in [4.69, 9.17) is 5.11 Å². The molecule has 0 unspecified atom stereocenters. The molecule has 1 amide bonds. The Morgan fingerprint density at radius 3 is 2.25 bits per heavy atom. The number of carboxylic acid groups (broad SMARTS) is 1. The van der Waals surface area contributed by atoms with Gasteiger partial charge in [0, 0.05) is 46.2 Å². The van der Waals surface area contributed by atoms with E-state index in [2.05, 4.69) is 10.2 Å². The molecular weight excluding hydrogens is 210 g/mol. The van der Waals surface area contributed by atoms with Gasteiger partial charge < -0.3 is 10.4 Å². The standard InChI is InChI=1S/C10H19N3O3/c1-9(14)11-2-3-12-4-6-13(7-5-12)8-10(15)16/h2-8H2,1H3,(H,11,14)(H,15,16). The minimum atomic E-state index is -0.772. The summed E-state index contributed by atoms with van der Waals surface area (Å²) in [6, 6.07) is 0. The van der Waals surface area contributed by atoms with E-state index in [0.717, 1.165) is 32.7 Å². The normalized spacial score (nSPS) is 18.3. The van der Waals surface area contributed by atoms with Crippen LogP contribution < -0.4 is 5.32 Å². The smallest absolute Gasteiger partial charge is 0.317 e. The molecule has 0 spiro atoms. The van der Waals surface area contributed by atoms with E-state index in [0.29, 0.717) is 6.54 Å². The van der Waals surface area contributed by atoms with Gasteiger partial charge in [-0.3, -0.25) is 19.4 Å². The van der Waals surface area contributed by atoms with Crippen LogP contribution >= 0.6 is 0 Å². The van der Waals surface area contributed by atoms with Crippen molar-refractivity contribution in [1.82, 2.24) is 15.1 Å². The highest BCUT2D eigenvalue weighted by molar-refractivity contribution is 5.72. The molecule has 0 bridgehead atoms. The number of amides is 1. The number of piperazine rings is 1. The van der Waals surface area contributed by atoms with Crippen molar-refractivity contribution >= 4 is 11.9 Å². The molecule has 0 aromatic heterocycles. The van der Waals surface area contributed by atoms with Gasteiger partial charge in [-0.2, -0.15) is 0 Å². The van der Waals surface area contributed by atoms with Gasteiger partial charge in [-0.05, 0) is 0 Å². The van der Waals surface area contributed by atoms with Crippen LogP contribution in [0.1, 0.15) is 6.92 Å². The number of carboxylic acids is 1. The van der Waals surface area contributed by atoms with Gasteiger partial charge in [-0.15, -0.1) is 0 Å². The zero-order valence-corrected chi connectivity index (χ0v) is 9.61. The van der Waals surface area contributed by atoms with Crippen LogP contribution in [0.3, 0.4) is 0 Å². The number of nitrogens with one attached hydrogen (secondary N) is 1. The average molecular weight is 229 g/mol. The lowest BCUT2D eigenvalue weighted by atomic mass is 10.3. The summed E-state index contributed by atoms with van der Waals surface area (Å²) in [5.74, 6) is -0.781. The molecule has 1 heterocycles. The van der Waals surface area contributed by atoms with Crippen LogP contribution in [0.4, 0.5) is 0 Å². The highest BCUT2D eigenvalue weighted by Crippen LogP contribution is 2.00. The molecule has 92 valence electrons. The molecule has 16 heavy (non-hydrogen) atoms. The first-order valence-electron chi connectivity index (χ1n) is 5.49. The number of rotatable bonds is 5. The van der Waals surface area contributed by atoms with E-state index in [1.165, 1.54) is 6.92 Å². The van der Waals surface area contributed by atoms with Crippen LogP contribution in [0.25, 0.3) is 0 Å². The maximum atomic E-state index is 10.7. The first-order valence-corrected chi connectivity index (χ1v) is 5.49. The Bertz CT molecular complexity index is 250. The lowest BCUT2D eigenvalue weighted by Crippen LogP contribution is -2.49. The minimum absolute atomic E-state index is 0.00971.